The van der Waals surface area contributed by atoms with E-state index in [0.717, 1.165) is 85.6 Å². The van der Waals surface area contributed by atoms with E-state index in [0.29, 0.717) is 12.8 Å². The fourth-order valence-corrected chi connectivity index (χ4v) is 9.56. The van der Waals surface area contributed by atoms with Crippen molar-refractivity contribution in [2.45, 2.75) is 224 Å². The molecule has 5 nitrogen and oxygen atoms in total. The monoisotopic (exact) mass is 789 g/mol. The Bertz CT molecular complexity index is 1200. The van der Waals surface area contributed by atoms with Gasteiger partial charge in [-0.3, -0.25) is 0 Å². The molecule has 0 saturated heterocycles. The van der Waals surface area contributed by atoms with Crippen molar-refractivity contribution in [3.63, 3.8) is 0 Å². The summed E-state index contributed by atoms with van der Waals surface area (Å²) in [6.07, 6.45) is 34.5. The number of phenols is 1. The van der Waals surface area contributed by atoms with Crippen LogP contribution in [-0.2, 0) is 28.6 Å². The second-order valence-corrected chi connectivity index (χ2v) is 18.3. The first-order chi connectivity index (χ1) is 26.3. The second-order valence-electron chi connectivity index (χ2n) is 16.0. The van der Waals surface area contributed by atoms with E-state index in [2.05, 4.69) is 32.9 Å². The van der Waals surface area contributed by atoms with Crippen molar-refractivity contribution in [1.82, 2.24) is 0 Å². The van der Waals surface area contributed by atoms with Gasteiger partial charge in [-0.15, -0.1) is 0 Å². The van der Waals surface area contributed by atoms with E-state index >= 15 is 0 Å². The Labute approximate surface area is 337 Å². The molecule has 0 bridgehead atoms. The summed E-state index contributed by atoms with van der Waals surface area (Å²) in [7, 11) is 0. The van der Waals surface area contributed by atoms with Crippen LogP contribution in [0.2, 0.25) is 0 Å². The Hall–Kier alpha value is -1.54. The third-order valence-corrected chi connectivity index (χ3v) is 13.3. The predicted molar refractivity (Wildman–Crippen MR) is 235 cm³/mol. The standard InChI is InChI=1S/C47H80O5S2/c1-4-7-10-13-16-18-20-23-26-29-32-45(53(49)50)43-38-40(31-28-25-22-15-12-9-6-3)39-44(47(43)41-34-36-42(48)37-35-41)46(54(51)52)33-30-27-24-21-19-17-14-11-8-5-2/h34-39,45-46,48H,4-33H2,1-3H3,(H,49,50)(H,51,52). The highest BCUT2D eigenvalue weighted by atomic mass is 32.2. The predicted octanol–water partition coefficient (Wildman–Crippen LogP) is 15.5. The first kappa shape index (κ1) is 48.6. The number of aromatic hydroxyl groups is 1. The second kappa shape index (κ2) is 31.5. The lowest BCUT2D eigenvalue weighted by atomic mass is 9.86. The van der Waals surface area contributed by atoms with E-state index in [4.69, 9.17) is 0 Å². The molecular weight excluding hydrogens is 709 g/mol. The molecule has 2 aromatic carbocycles. The molecule has 4 atom stereocenters. The van der Waals surface area contributed by atoms with Gasteiger partial charge in [0.05, 0.1) is 10.5 Å². The smallest absolute Gasteiger partial charge is 0.160 e. The normalized spacial score (nSPS) is 13.9. The maximum Gasteiger partial charge on any atom is 0.160 e. The average Bonchev–Trinajstić information content (AvgIpc) is 3.15. The van der Waals surface area contributed by atoms with E-state index in [9.17, 15) is 22.6 Å². The minimum Gasteiger partial charge on any atom is -0.508 e. The van der Waals surface area contributed by atoms with Crippen LogP contribution < -0.4 is 0 Å². The number of phenolic OH excluding ortho intramolecular Hbond substituents is 1. The van der Waals surface area contributed by atoms with Gasteiger partial charge in [0.25, 0.3) is 0 Å². The zero-order valence-corrected chi connectivity index (χ0v) is 36.4. The molecule has 3 N–H and O–H groups in total. The molecule has 0 radical (unpaired) electrons. The van der Waals surface area contributed by atoms with E-state index in [-0.39, 0.29) is 5.75 Å². The summed E-state index contributed by atoms with van der Waals surface area (Å²) in [6, 6.07) is 11.3. The molecule has 0 spiro atoms. The topological polar surface area (TPSA) is 94.8 Å². The fraction of sp³-hybridized carbons (Fsp3) is 0.745. The zero-order chi connectivity index (χ0) is 39.2. The van der Waals surface area contributed by atoms with Gasteiger partial charge >= 0.3 is 0 Å². The highest BCUT2D eigenvalue weighted by molar-refractivity contribution is 7.79. The third-order valence-electron chi connectivity index (χ3n) is 11.3. The van der Waals surface area contributed by atoms with E-state index in [1.54, 1.807) is 12.1 Å². The van der Waals surface area contributed by atoms with Gasteiger partial charge in [-0.1, -0.05) is 212 Å². The Kier molecular flexibility index (Phi) is 28.4. The van der Waals surface area contributed by atoms with Crippen molar-refractivity contribution < 1.29 is 22.6 Å². The fourth-order valence-electron chi connectivity index (χ4n) is 8.02. The quantitative estimate of drug-likeness (QED) is 0.0478. The zero-order valence-electron chi connectivity index (χ0n) is 34.8. The van der Waals surface area contributed by atoms with E-state index in [1.807, 2.05) is 12.1 Å². The van der Waals surface area contributed by atoms with Crippen LogP contribution in [0.25, 0.3) is 11.1 Å². The van der Waals surface area contributed by atoms with Crippen molar-refractivity contribution in [2.75, 3.05) is 0 Å². The molecule has 54 heavy (non-hydrogen) atoms. The number of rotatable bonds is 35. The van der Waals surface area contributed by atoms with Gasteiger partial charge in [-0.2, -0.15) is 0 Å². The molecule has 0 aliphatic carbocycles. The number of unbranched alkanes of at least 4 members (excludes halogenated alkanes) is 24. The van der Waals surface area contributed by atoms with Gasteiger partial charge in [0.1, 0.15) is 5.75 Å². The molecule has 0 heterocycles. The van der Waals surface area contributed by atoms with Crippen molar-refractivity contribution in [3.8, 4) is 16.9 Å². The Morgan fingerprint density at radius 2 is 0.778 bits per heavy atom. The van der Waals surface area contributed by atoms with E-state index < -0.39 is 32.7 Å². The van der Waals surface area contributed by atoms with Crippen molar-refractivity contribution in [3.05, 3.63) is 53.1 Å². The highest BCUT2D eigenvalue weighted by Crippen LogP contribution is 2.43. The van der Waals surface area contributed by atoms with Crippen LogP contribution in [0.3, 0.4) is 0 Å². The summed E-state index contributed by atoms with van der Waals surface area (Å²) < 4.78 is 48.3. The van der Waals surface area contributed by atoms with E-state index in [1.165, 1.54) is 122 Å². The molecule has 4 unspecified atom stereocenters. The molecule has 0 aliphatic heterocycles. The summed E-state index contributed by atoms with van der Waals surface area (Å²) in [4.78, 5) is 0. The molecule has 2 aromatic rings. The molecule has 0 fully saturated rings. The Morgan fingerprint density at radius 1 is 0.463 bits per heavy atom. The van der Waals surface area contributed by atoms with Crippen LogP contribution in [-0.4, -0.2) is 22.6 Å². The van der Waals surface area contributed by atoms with Crippen LogP contribution in [0.4, 0.5) is 0 Å². The molecule has 7 heteroatoms. The average molecular weight is 789 g/mol. The van der Waals surface area contributed by atoms with Crippen LogP contribution in [0.1, 0.15) is 234 Å². The minimum absolute atomic E-state index is 0.151. The Morgan fingerprint density at radius 3 is 1.11 bits per heavy atom. The van der Waals surface area contributed by atoms with Gasteiger partial charge in [0.15, 0.2) is 22.2 Å². The molecule has 0 saturated carbocycles. The lowest BCUT2D eigenvalue weighted by Crippen LogP contribution is -2.14. The maximum absolute atomic E-state index is 13.3. The number of hydrogen-bond acceptors (Lipinski definition) is 3. The first-order valence-electron chi connectivity index (χ1n) is 22.5. The molecule has 0 amide bonds. The number of aryl methyl sites for hydroxylation is 1. The van der Waals surface area contributed by atoms with Gasteiger partial charge in [-0.25, -0.2) is 8.42 Å². The largest absolute Gasteiger partial charge is 0.508 e. The number of hydrogen-bond donors (Lipinski definition) is 3. The molecular formula is C47H80O5S2. The van der Waals surface area contributed by atoms with Crippen LogP contribution in [0.15, 0.2) is 36.4 Å². The summed E-state index contributed by atoms with van der Waals surface area (Å²) in [5.41, 5.74) is 4.33. The van der Waals surface area contributed by atoms with Crippen LogP contribution in [0, 0.1) is 0 Å². The summed E-state index contributed by atoms with van der Waals surface area (Å²) in [5.74, 6) is 0.151. The van der Waals surface area contributed by atoms with Crippen LogP contribution >= 0.6 is 0 Å². The third kappa shape index (κ3) is 20.6. The first-order valence-corrected chi connectivity index (χ1v) is 24.8. The SMILES string of the molecule is CCCCCCCCCCCCC(c1cc(CCCCCCCCC)cc(C(CCCCCCCCCCCC)S(=O)O)c1-c1ccc(O)cc1)S(=O)O. The lowest BCUT2D eigenvalue weighted by molar-refractivity contribution is 0.475. The van der Waals surface area contributed by atoms with Gasteiger partial charge < -0.3 is 14.2 Å². The Balaban J connectivity index is 2.35. The molecule has 310 valence electrons. The minimum atomic E-state index is -2.11. The molecule has 2 rings (SSSR count). The van der Waals surface area contributed by atoms with Crippen LogP contribution in [0.5, 0.6) is 5.75 Å². The molecule has 0 aliphatic rings. The highest BCUT2D eigenvalue weighted by Gasteiger charge is 2.29. The van der Waals surface area contributed by atoms with Crippen molar-refractivity contribution in [1.29, 1.82) is 0 Å². The van der Waals surface area contributed by atoms with Gasteiger partial charge in [0.2, 0.25) is 0 Å². The van der Waals surface area contributed by atoms with Gasteiger partial charge in [-0.05, 0) is 65.6 Å². The van der Waals surface area contributed by atoms with Crippen molar-refractivity contribution in [2.24, 2.45) is 0 Å². The summed E-state index contributed by atoms with van der Waals surface area (Å²) in [6.45, 7) is 6.74. The van der Waals surface area contributed by atoms with Crippen molar-refractivity contribution >= 4 is 22.2 Å². The van der Waals surface area contributed by atoms with Gasteiger partial charge in [0, 0.05) is 0 Å². The summed E-state index contributed by atoms with van der Waals surface area (Å²) in [5, 5.41) is 9.02. The number of benzene rings is 2. The maximum atomic E-state index is 13.3. The lowest BCUT2D eigenvalue weighted by Gasteiger charge is -2.26. The molecule has 0 aromatic heterocycles. The summed E-state index contributed by atoms with van der Waals surface area (Å²) >= 11 is -4.22.